The number of nitrogens with one attached hydrogen (secondary N) is 1. The van der Waals surface area contributed by atoms with E-state index in [1.807, 2.05) is 24.3 Å². The molecule has 0 unspecified atom stereocenters. The number of rotatable bonds is 9. The lowest BCUT2D eigenvalue weighted by atomic mass is 10.3. The van der Waals surface area contributed by atoms with Gasteiger partial charge < -0.3 is 19.7 Å². The molecular formula is C22H24Cl2N2O3. The van der Waals surface area contributed by atoms with Crippen LogP contribution in [0.1, 0.15) is 6.42 Å². The van der Waals surface area contributed by atoms with Crippen LogP contribution in [0.2, 0.25) is 10.0 Å². The zero-order valence-corrected chi connectivity index (χ0v) is 17.5. The van der Waals surface area contributed by atoms with Crippen molar-refractivity contribution in [1.82, 2.24) is 10.2 Å². The van der Waals surface area contributed by atoms with Gasteiger partial charge in [0.05, 0.1) is 6.61 Å². The molecule has 1 saturated carbocycles. The van der Waals surface area contributed by atoms with Crippen LogP contribution in [-0.4, -0.2) is 49.7 Å². The van der Waals surface area contributed by atoms with E-state index in [0.717, 1.165) is 31.8 Å². The molecule has 2 fully saturated rings. The Balaban J connectivity index is 1.08. The predicted molar refractivity (Wildman–Crippen MR) is 114 cm³/mol. The molecule has 1 N–H and O–H groups in total. The highest BCUT2D eigenvalue weighted by Gasteiger charge is 2.56. The van der Waals surface area contributed by atoms with Gasteiger partial charge in [-0.05, 0) is 66.8 Å². The number of hydrogen-bond acceptors (Lipinski definition) is 4. The number of piperidine rings is 1. The minimum Gasteiger partial charge on any atom is -0.494 e. The monoisotopic (exact) mass is 434 g/mol. The minimum absolute atomic E-state index is 0.0311. The highest BCUT2D eigenvalue weighted by atomic mass is 35.5. The number of ether oxygens (including phenoxy) is 2. The van der Waals surface area contributed by atoms with E-state index in [4.69, 9.17) is 32.7 Å². The zero-order valence-electron chi connectivity index (χ0n) is 16.0. The van der Waals surface area contributed by atoms with Crippen molar-refractivity contribution in [2.45, 2.75) is 12.5 Å². The molecule has 1 aliphatic heterocycles. The molecule has 5 nitrogen and oxygen atoms in total. The molecule has 4 rings (SSSR count). The third-order valence-electron chi connectivity index (χ3n) is 5.48. The number of nitrogens with zero attached hydrogens (tertiary/aromatic N) is 1. The van der Waals surface area contributed by atoms with E-state index in [0.29, 0.717) is 34.2 Å². The SMILES string of the molecule is O=C(COc1ccc(Cl)cc1)N[C@@H]1[C@@H]2CN(CCCOc3ccc(Cl)cc3)C[C@@H]21. The third-order valence-corrected chi connectivity index (χ3v) is 5.99. The van der Waals surface area contributed by atoms with Crippen molar-refractivity contribution < 1.29 is 14.3 Å². The molecule has 1 heterocycles. The van der Waals surface area contributed by atoms with Gasteiger partial charge >= 0.3 is 0 Å². The van der Waals surface area contributed by atoms with E-state index in [-0.39, 0.29) is 18.6 Å². The van der Waals surface area contributed by atoms with E-state index in [2.05, 4.69) is 10.2 Å². The first-order valence-electron chi connectivity index (χ1n) is 9.87. The maximum absolute atomic E-state index is 12.1. The van der Waals surface area contributed by atoms with Crippen molar-refractivity contribution in [3.8, 4) is 11.5 Å². The number of fused-ring (bicyclic) bond motifs is 1. The molecule has 1 aliphatic carbocycles. The van der Waals surface area contributed by atoms with Crippen molar-refractivity contribution >= 4 is 29.1 Å². The van der Waals surface area contributed by atoms with Crippen LogP contribution in [0.5, 0.6) is 11.5 Å². The van der Waals surface area contributed by atoms with Gasteiger partial charge in [0.15, 0.2) is 6.61 Å². The molecule has 0 spiro atoms. The molecule has 1 saturated heterocycles. The van der Waals surface area contributed by atoms with Crippen molar-refractivity contribution in [2.75, 3.05) is 32.8 Å². The fourth-order valence-corrected chi connectivity index (χ4v) is 4.18. The summed E-state index contributed by atoms with van der Waals surface area (Å²) in [7, 11) is 0. The van der Waals surface area contributed by atoms with Gasteiger partial charge in [-0.1, -0.05) is 23.2 Å². The Morgan fingerprint density at radius 2 is 1.48 bits per heavy atom. The predicted octanol–water partition coefficient (Wildman–Crippen LogP) is 3.89. The average molecular weight is 435 g/mol. The second-order valence-corrected chi connectivity index (χ2v) is 8.45. The van der Waals surface area contributed by atoms with E-state index < -0.39 is 0 Å². The molecular weight excluding hydrogens is 411 g/mol. The summed E-state index contributed by atoms with van der Waals surface area (Å²) in [4.78, 5) is 14.6. The normalized spacial score (nSPS) is 22.8. The standard InChI is InChI=1S/C22H24Cl2N2O3/c23-15-2-6-17(7-3-15)28-11-1-10-26-12-19-20(13-26)22(19)25-21(27)14-29-18-8-4-16(24)5-9-18/h2-9,19-20,22H,1,10-14H2,(H,25,27)/t19-,20+,22-. The Bertz CT molecular complexity index is 817. The third kappa shape index (κ3) is 5.56. The fourth-order valence-electron chi connectivity index (χ4n) is 3.93. The molecule has 0 bridgehead atoms. The lowest BCUT2D eigenvalue weighted by Gasteiger charge is -2.20. The number of amides is 1. The molecule has 0 radical (unpaired) electrons. The van der Waals surface area contributed by atoms with Gasteiger partial charge in [-0.3, -0.25) is 4.79 Å². The maximum Gasteiger partial charge on any atom is 0.258 e. The first kappa shape index (κ1) is 20.3. The molecule has 2 aliphatic rings. The minimum atomic E-state index is -0.0673. The summed E-state index contributed by atoms with van der Waals surface area (Å²) >= 11 is 11.7. The van der Waals surface area contributed by atoms with Crippen molar-refractivity contribution in [3.63, 3.8) is 0 Å². The summed E-state index contributed by atoms with van der Waals surface area (Å²) in [5, 5.41) is 4.46. The van der Waals surface area contributed by atoms with Crippen LogP contribution >= 0.6 is 23.2 Å². The first-order chi connectivity index (χ1) is 14.1. The number of benzene rings is 2. The quantitative estimate of drug-likeness (QED) is 0.608. The van der Waals surface area contributed by atoms with Gasteiger partial charge in [-0.2, -0.15) is 0 Å². The van der Waals surface area contributed by atoms with Crippen LogP contribution in [0.4, 0.5) is 0 Å². The summed E-state index contributed by atoms with van der Waals surface area (Å²) < 4.78 is 11.2. The van der Waals surface area contributed by atoms with Crippen LogP contribution in [0.25, 0.3) is 0 Å². The number of likely N-dealkylation sites (tertiary alicyclic amines) is 1. The average Bonchev–Trinajstić information content (AvgIpc) is 3.15. The number of carbonyl (C=O) groups excluding carboxylic acids is 1. The number of hydrogen-bond donors (Lipinski definition) is 1. The van der Waals surface area contributed by atoms with Gasteiger partial charge in [-0.15, -0.1) is 0 Å². The number of carbonyl (C=O) groups is 1. The second kappa shape index (κ2) is 9.24. The van der Waals surface area contributed by atoms with Crippen molar-refractivity contribution in [2.24, 2.45) is 11.8 Å². The van der Waals surface area contributed by atoms with Crippen LogP contribution in [0.3, 0.4) is 0 Å². The van der Waals surface area contributed by atoms with E-state index in [1.54, 1.807) is 24.3 Å². The Labute approximate surface area is 180 Å². The smallest absolute Gasteiger partial charge is 0.258 e. The van der Waals surface area contributed by atoms with Crippen LogP contribution in [-0.2, 0) is 4.79 Å². The summed E-state index contributed by atoms with van der Waals surface area (Å²) in [5.41, 5.74) is 0. The van der Waals surface area contributed by atoms with E-state index in [1.165, 1.54) is 0 Å². The lowest BCUT2D eigenvalue weighted by Crippen LogP contribution is -2.37. The molecule has 2 aromatic carbocycles. The molecule has 29 heavy (non-hydrogen) atoms. The zero-order chi connectivity index (χ0) is 20.2. The van der Waals surface area contributed by atoms with Crippen molar-refractivity contribution in [3.05, 3.63) is 58.6 Å². The highest BCUT2D eigenvalue weighted by Crippen LogP contribution is 2.45. The largest absolute Gasteiger partial charge is 0.494 e. The summed E-state index contributed by atoms with van der Waals surface area (Å²) in [6, 6.07) is 14.7. The molecule has 3 atom stereocenters. The number of halogens is 2. The molecule has 2 aromatic rings. The second-order valence-electron chi connectivity index (χ2n) is 7.58. The first-order valence-corrected chi connectivity index (χ1v) is 10.6. The Kier molecular flexibility index (Phi) is 6.48. The van der Waals surface area contributed by atoms with Crippen molar-refractivity contribution in [1.29, 1.82) is 0 Å². The Morgan fingerprint density at radius 1 is 0.931 bits per heavy atom. The van der Waals surface area contributed by atoms with E-state index in [9.17, 15) is 4.79 Å². The fraction of sp³-hybridized carbons (Fsp3) is 0.409. The van der Waals surface area contributed by atoms with Gasteiger partial charge in [0.2, 0.25) is 0 Å². The van der Waals surface area contributed by atoms with Crippen LogP contribution < -0.4 is 14.8 Å². The Morgan fingerprint density at radius 3 is 2.07 bits per heavy atom. The summed E-state index contributed by atoms with van der Waals surface area (Å²) in [6.07, 6.45) is 0.980. The van der Waals surface area contributed by atoms with Gasteiger partial charge in [0, 0.05) is 35.7 Å². The van der Waals surface area contributed by atoms with Crippen LogP contribution in [0.15, 0.2) is 48.5 Å². The molecule has 7 heteroatoms. The maximum atomic E-state index is 12.1. The lowest BCUT2D eigenvalue weighted by molar-refractivity contribution is -0.123. The topological polar surface area (TPSA) is 50.8 Å². The molecule has 0 aromatic heterocycles. The van der Waals surface area contributed by atoms with E-state index >= 15 is 0 Å². The van der Waals surface area contributed by atoms with Gasteiger partial charge in [0.1, 0.15) is 11.5 Å². The van der Waals surface area contributed by atoms with Crippen LogP contribution in [0, 0.1) is 11.8 Å². The molecule has 154 valence electrons. The molecule has 1 amide bonds. The van der Waals surface area contributed by atoms with Gasteiger partial charge in [-0.25, -0.2) is 0 Å². The Hall–Kier alpha value is -1.95. The summed E-state index contributed by atoms with van der Waals surface area (Å²) in [6.45, 7) is 3.81. The van der Waals surface area contributed by atoms with Gasteiger partial charge in [0.25, 0.3) is 5.91 Å². The highest BCUT2D eigenvalue weighted by molar-refractivity contribution is 6.30. The summed E-state index contributed by atoms with van der Waals surface area (Å²) in [5.74, 6) is 2.55.